The summed E-state index contributed by atoms with van der Waals surface area (Å²) in [6.45, 7) is 42.0. The normalized spacial score (nSPS) is 14.9. The Labute approximate surface area is 295 Å². The van der Waals surface area contributed by atoms with Crippen molar-refractivity contribution in [2.24, 2.45) is 4.99 Å². The van der Waals surface area contributed by atoms with Crippen LogP contribution in [0.25, 0.3) is 5.57 Å². The third kappa shape index (κ3) is 10.1. The van der Waals surface area contributed by atoms with Gasteiger partial charge in [-0.15, -0.1) is 0 Å². The second kappa shape index (κ2) is 17.0. The van der Waals surface area contributed by atoms with Gasteiger partial charge in [-0.1, -0.05) is 68.8 Å². The Kier molecular flexibility index (Phi) is 13.3. The fraction of sp³-hybridized carbons (Fsp3) is 0.295. The first kappa shape index (κ1) is 38.5. The van der Waals surface area contributed by atoms with E-state index in [9.17, 15) is 4.39 Å². The van der Waals surface area contributed by atoms with Crippen molar-refractivity contribution in [2.45, 2.75) is 87.4 Å². The van der Waals surface area contributed by atoms with Crippen molar-refractivity contribution in [3.63, 3.8) is 0 Å². The fourth-order valence-electron chi connectivity index (χ4n) is 5.82. The zero-order valence-electron chi connectivity index (χ0n) is 31.0. The highest BCUT2D eigenvalue weighted by atomic mass is 19.1. The number of allylic oxidation sites excluding steroid dienone is 6. The quantitative estimate of drug-likeness (QED) is 0.148. The Bertz CT molecular complexity index is 1800. The Balaban J connectivity index is 0.000000723. The van der Waals surface area contributed by atoms with Crippen molar-refractivity contribution in [3.05, 3.63) is 172 Å². The van der Waals surface area contributed by atoms with E-state index in [0.717, 1.165) is 68.9 Å². The molecule has 4 rings (SSSR count). The second-order valence-corrected chi connectivity index (χ2v) is 13.5. The maximum absolute atomic E-state index is 14.5. The molecule has 4 nitrogen and oxygen atoms in total. The predicted octanol–water partition coefficient (Wildman–Crippen LogP) is 10.9. The first-order chi connectivity index (χ1) is 23.0. The molecule has 0 saturated carbocycles. The van der Waals surface area contributed by atoms with Gasteiger partial charge in [-0.25, -0.2) is 4.39 Å². The summed E-state index contributed by atoms with van der Waals surface area (Å²) in [5.74, 6) is -0.243. The number of fused-ring (bicyclic) bond motifs is 1. The van der Waals surface area contributed by atoms with Gasteiger partial charge in [0.2, 0.25) is 0 Å². The molecule has 2 aromatic carbocycles. The van der Waals surface area contributed by atoms with E-state index in [4.69, 9.17) is 0 Å². The number of nitrogens with zero attached hydrogens (tertiary/aromatic N) is 1. The lowest BCUT2D eigenvalue weighted by molar-refractivity contribution is 0.598. The topological polar surface area (TPSA) is 48.4 Å². The Morgan fingerprint density at radius 3 is 2.20 bits per heavy atom. The zero-order chi connectivity index (χ0) is 36.6. The summed E-state index contributed by atoms with van der Waals surface area (Å²) in [6.07, 6.45) is 5.95. The fourth-order valence-corrected chi connectivity index (χ4v) is 5.82. The molecule has 5 heteroatoms. The Morgan fingerprint density at radius 2 is 1.61 bits per heavy atom. The van der Waals surface area contributed by atoms with Crippen molar-refractivity contribution in [2.75, 3.05) is 0 Å². The number of halogens is 1. The van der Waals surface area contributed by atoms with Crippen LogP contribution in [0.2, 0.25) is 0 Å². The van der Waals surface area contributed by atoms with Crippen LogP contribution in [0.15, 0.2) is 138 Å². The predicted molar refractivity (Wildman–Crippen MR) is 211 cm³/mol. The molecule has 0 bridgehead atoms. The van der Waals surface area contributed by atoms with Gasteiger partial charge in [0.05, 0.1) is 6.04 Å². The molecule has 1 unspecified atom stereocenters. The van der Waals surface area contributed by atoms with Gasteiger partial charge in [0.15, 0.2) is 0 Å². The van der Waals surface area contributed by atoms with Gasteiger partial charge in [0.25, 0.3) is 0 Å². The van der Waals surface area contributed by atoms with Gasteiger partial charge in [-0.2, -0.15) is 0 Å². The number of benzene rings is 2. The lowest BCUT2D eigenvalue weighted by Gasteiger charge is -2.28. The highest BCUT2D eigenvalue weighted by molar-refractivity contribution is 5.79. The van der Waals surface area contributed by atoms with Crippen LogP contribution < -0.4 is 16.0 Å². The van der Waals surface area contributed by atoms with Gasteiger partial charge < -0.3 is 16.0 Å². The number of hydrogen-bond acceptors (Lipinski definition) is 4. The van der Waals surface area contributed by atoms with E-state index >= 15 is 0 Å². The lowest BCUT2D eigenvalue weighted by Crippen LogP contribution is -2.24. The molecule has 0 fully saturated rings. The molecule has 3 N–H and O–H groups in total. The molecule has 2 aliphatic carbocycles. The molecule has 0 heterocycles. The third-order valence-corrected chi connectivity index (χ3v) is 8.90. The lowest BCUT2D eigenvalue weighted by atomic mass is 9.85. The molecule has 0 radical (unpaired) electrons. The van der Waals surface area contributed by atoms with E-state index in [-0.39, 0.29) is 11.9 Å². The first-order valence-electron chi connectivity index (χ1n) is 16.8. The largest absolute Gasteiger partial charge is 0.381 e. The smallest absolute Gasteiger partial charge is 0.128 e. The molecular formula is C44H55FN4. The van der Waals surface area contributed by atoms with Gasteiger partial charge in [0.1, 0.15) is 5.82 Å². The van der Waals surface area contributed by atoms with Crippen LogP contribution in [0.1, 0.15) is 94.3 Å². The minimum Gasteiger partial charge on any atom is -0.381 e. The third-order valence-electron chi connectivity index (χ3n) is 8.90. The van der Waals surface area contributed by atoms with E-state index in [1.807, 2.05) is 59.9 Å². The molecule has 0 spiro atoms. The van der Waals surface area contributed by atoms with E-state index in [1.54, 1.807) is 6.07 Å². The van der Waals surface area contributed by atoms with Gasteiger partial charge in [0, 0.05) is 47.7 Å². The van der Waals surface area contributed by atoms with Crippen LogP contribution >= 0.6 is 0 Å². The number of rotatable bonds is 13. The summed E-state index contributed by atoms with van der Waals surface area (Å²) in [5, 5.41) is 10.3. The molecular weight excluding hydrogens is 604 g/mol. The summed E-state index contributed by atoms with van der Waals surface area (Å²) in [6, 6.07) is 9.79. The molecule has 0 aliphatic heterocycles. The number of nitrogens with one attached hydrogen (secondary N) is 3. The second-order valence-electron chi connectivity index (χ2n) is 13.5. The van der Waals surface area contributed by atoms with E-state index < -0.39 is 0 Å². The minimum absolute atomic E-state index is 0.233. The number of hydrogen-bond donors (Lipinski definition) is 3. The summed E-state index contributed by atoms with van der Waals surface area (Å²) < 4.78 is 14.5. The zero-order valence-corrected chi connectivity index (χ0v) is 31.0. The highest BCUT2D eigenvalue weighted by Crippen LogP contribution is 2.37. The van der Waals surface area contributed by atoms with Gasteiger partial charge in [-0.05, 0) is 142 Å². The van der Waals surface area contributed by atoms with Crippen molar-refractivity contribution < 1.29 is 4.39 Å². The van der Waals surface area contributed by atoms with E-state index in [1.165, 1.54) is 33.9 Å². The van der Waals surface area contributed by atoms with Crippen LogP contribution in [0.3, 0.4) is 0 Å². The van der Waals surface area contributed by atoms with Crippen LogP contribution in [0.4, 0.5) is 4.39 Å². The molecule has 2 aliphatic rings. The van der Waals surface area contributed by atoms with Crippen LogP contribution in [0.5, 0.6) is 0 Å². The number of aliphatic imine (C=N–C) groups is 1. The average Bonchev–Trinajstić information content (AvgIpc) is 3.46. The van der Waals surface area contributed by atoms with Crippen molar-refractivity contribution in [3.8, 4) is 0 Å². The van der Waals surface area contributed by atoms with Crippen molar-refractivity contribution in [1.29, 1.82) is 0 Å². The van der Waals surface area contributed by atoms with Crippen LogP contribution in [-0.2, 0) is 19.5 Å². The van der Waals surface area contributed by atoms with Gasteiger partial charge in [-0.3, -0.25) is 4.99 Å². The van der Waals surface area contributed by atoms with Gasteiger partial charge >= 0.3 is 0 Å². The molecule has 1 atom stereocenters. The summed E-state index contributed by atoms with van der Waals surface area (Å²) in [5.41, 5.74) is 17.6. The minimum atomic E-state index is -0.243. The van der Waals surface area contributed by atoms with Crippen LogP contribution in [0, 0.1) is 12.7 Å². The first-order valence-corrected chi connectivity index (χ1v) is 16.8. The monoisotopic (exact) mass is 658 g/mol. The SMILES string of the molecule is C=C(/C=C(\C)C(=C)NC1CCc2c1ccc(C(=C)C)c2C)C(=C)NCc1ccc(F)c(CNC2=C(C)C(=C)C2=C)c1.CC(C)=CN=C(C)C. The molecule has 49 heavy (non-hydrogen) atoms. The Morgan fingerprint density at radius 1 is 0.918 bits per heavy atom. The molecule has 258 valence electrons. The summed E-state index contributed by atoms with van der Waals surface area (Å²) in [7, 11) is 0. The average molecular weight is 659 g/mol. The van der Waals surface area contributed by atoms with Crippen LogP contribution in [-0.4, -0.2) is 5.71 Å². The standard InChI is InChI=1S/C37H42FN3.C7H13N/c1-21(2)32-12-13-34-33(27(32)8)14-16-36(34)41-29(10)23(4)17-22(3)28(9)39-19-30-11-15-35(38)31(18-30)20-40-37-25(6)24(5)26(37)7;1-6(2)5-8-7(3)4/h11-13,15,17-18,36,39-41H,1,3,5-6,9-10,14,16,19-20H2,2,4,7-8H3;5H,1-4H3/b23-17+;. The van der Waals surface area contributed by atoms with Crippen molar-refractivity contribution >= 4 is 11.3 Å². The molecule has 0 saturated heterocycles. The molecule has 0 amide bonds. The summed E-state index contributed by atoms with van der Waals surface area (Å²) in [4.78, 5) is 4.08. The van der Waals surface area contributed by atoms with E-state index in [0.29, 0.717) is 24.4 Å². The summed E-state index contributed by atoms with van der Waals surface area (Å²) >= 11 is 0. The highest BCUT2D eigenvalue weighted by Gasteiger charge is 2.25. The van der Waals surface area contributed by atoms with Crippen molar-refractivity contribution in [1.82, 2.24) is 16.0 Å². The maximum atomic E-state index is 14.5. The molecule has 2 aromatic rings. The van der Waals surface area contributed by atoms with E-state index in [2.05, 4.69) is 86.4 Å². The Hall–Kier alpha value is -4.90. The molecule has 0 aromatic heterocycles. The maximum Gasteiger partial charge on any atom is 0.128 e.